The van der Waals surface area contributed by atoms with Crippen molar-refractivity contribution in [3.05, 3.63) is 75.3 Å². The molecule has 8 heteroatoms. The van der Waals surface area contributed by atoms with Crippen molar-refractivity contribution in [2.75, 3.05) is 13.1 Å². The van der Waals surface area contributed by atoms with Crippen LogP contribution in [0.5, 0.6) is 0 Å². The lowest BCUT2D eigenvalue weighted by molar-refractivity contribution is -0.145. The molecule has 0 saturated carbocycles. The first-order valence-corrected chi connectivity index (χ1v) is 10.2. The Labute approximate surface area is 184 Å². The SMILES string of the molecule is C=NOC(=O)[C@H](Cc1ccc(C2=CCNCC2)cc1)NC(=O)c1c(Cl)cccc1Cl. The normalized spacial score (nSPS) is 14.4. The van der Waals surface area contributed by atoms with Gasteiger partial charge >= 0.3 is 5.97 Å². The predicted molar refractivity (Wildman–Crippen MR) is 119 cm³/mol. The lowest BCUT2D eigenvalue weighted by atomic mass is 9.97. The number of carbonyl (C=O) groups excluding carboxylic acids is 2. The molecule has 2 aromatic carbocycles. The summed E-state index contributed by atoms with van der Waals surface area (Å²) in [6.07, 6.45) is 3.35. The highest BCUT2D eigenvalue weighted by molar-refractivity contribution is 6.39. The van der Waals surface area contributed by atoms with Crippen LogP contribution in [0.1, 0.15) is 27.9 Å². The molecule has 0 fully saturated rings. The van der Waals surface area contributed by atoms with Gasteiger partial charge in [0.1, 0.15) is 6.04 Å². The maximum absolute atomic E-state index is 12.7. The minimum Gasteiger partial charge on any atom is -0.338 e. The molecule has 2 N–H and O–H groups in total. The van der Waals surface area contributed by atoms with E-state index in [2.05, 4.69) is 33.4 Å². The molecule has 0 aromatic heterocycles. The molecule has 30 heavy (non-hydrogen) atoms. The van der Waals surface area contributed by atoms with Gasteiger partial charge in [-0.05, 0) is 41.8 Å². The Hall–Kier alpha value is -2.67. The van der Waals surface area contributed by atoms with Crippen molar-refractivity contribution in [3.8, 4) is 0 Å². The summed E-state index contributed by atoms with van der Waals surface area (Å²) in [6, 6.07) is 11.6. The molecule has 156 valence electrons. The van der Waals surface area contributed by atoms with Crippen LogP contribution in [-0.2, 0) is 16.1 Å². The Bertz CT molecular complexity index is 954. The van der Waals surface area contributed by atoms with E-state index in [0.717, 1.165) is 30.6 Å². The monoisotopic (exact) mass is 445 g/mol. The van der Waals surface area contributed by atoms with Crippen molar-refractivity contribution in [2.24, 2.45) is 5.16 Å². The first-order valence-electron chi connectivity index (χ1n) is 9.40. The minimum atomic E-state index is -0.987. The summed E-state index contributed by atoms with van der Waals surface area (Å²) in [5.41, 5.74) is 3.37. The molecule has 0 aliphatic carbocycles. The quantitative estimate of drug-likeness (QED) is 0.385. The molecule has 6 nitrogen and oxygen atoms in total. The molecule has 1 aliphatic heterocycles. The average molecular weight is 446 g/mol. The molecule has 3 rings (SSSR count). The molecule has 1 aliphatic rings. The molecule has 0 spiro atoms. The number of amides is 1. The zero-order chi connectivity index (χ0) is 21.5. The van der Waals surface area contributed by atoms with E-state index < -0.39 is 17.9 Å². The number of benzene rings is 2. The maximum Gasteiger partial charge on any atom is 0.357 e. The molecule has 0 bridgehead atoms. The Morgan fingerprint density at radius 3 is 2.47 bits per heavy atom. The van der Waals surface area contributed by atoms with Crippen molar-refractivity contribution >= 4 is 47.4 Å². The van der Waals surface area contributed by atoms with Gasteiger partial charge in [0.25, 0.3) is 5.91 Å². The molecule has 2 aromatic rings. The molecule has 0 saturated heterocycles. The standard InChI is InChI=1S/C22H21Cl2N3O3/c1-25-30-22(29)19(27-21(28)20-17(23)3-2-4-18(20)24)13-14-5-7-15(8-6-14)16-9-11-26-12-10-16/h2-9,19,26H,1,10-13H2,(H,27,28)/t19-/m0/s1. The summed E-state index contributed by atoms with van der Waals surface area (Å²) in [7, 11) is 0. The number of oxime groups is 1. The topological polar surface area (TPSA) is 79.8 Å². The summed E-state index contributed by atoms with van der Waals surface area (Å²) >= 11 is 12.2. The second-order valence-corrected chi connectivity index (χ2v) is 7.56. The number of nitrogens with one attached hydrogen (secondary N) is 2. The maximum atomic E-state index is 12.7. The Balaban J connectivity index is 1.77. The van der Waals surface area contributed by atoms with Gasteiger partial charge in [0.15, 0.2) is 0 Å². The number of nitrogens with zero attached hydrogens (tertiary/aromatic N) is 1. The molecular formula is C22H21Cl2N3O3. The Morgan fingerprint density at radius 1 is 1.17 bits per heavy atom. The third-order valence-electron chi connectivity index (χ3n) is 4.76. The van der Waals surface area contributed by atoms with Gasteiger partial charge in [0, 0.05) is 19.7 Å². The van der Waals surface area contributed by atoms with Crippen LogP contribution in [0.4, 0.5) is 0 Å². The van der Waals surface area contributed by atoms with Crippen LogP contribution in [0, 0.1) is 0 Å². The molecule has 1 atom stereocenters. The van der Waals surface area contributed by atoms with Crippen LogP contribution < -0.4 is 10.6 Å². The van der Waals surface area contributed by atoms with Crippen LogP contribution in [0.3, 0.4) is 0 Å². The van der Waals surface area contributed by atoms with Gasteiger partial charge in [-0.25, -0.2) is 4.79 Å². The second kappa shape index (κ2) is 10.4. The van der Waals surface area contributed by atoms with Crippen molar-refractivity contribution in [1.29, 1.82) is 0 Å². The van der Waals surface area contributed by atoms with Gasteiger partial charge in [-0.3, -0.25) is 4.79 Å². The summed E-state index contributed by atoms with van der Waals surface area (Å²) < 4.78 is 0. The fraction of sp³-hybridized carbons (Fsp3) is 0.227. The van der Waals surface area contributed by atoms with Crippen molar-refractivity contribution in [2.45, 2.75) is 18.9 Å². The number of hydrogen-bond donors (Lipinski definition) is 2. The highest BCUT2D eigenvalue weighted by atomic mass is 35.5. The van der Waals surface area contributed by atoms with E-state index in [1.165, 1.54) is 5.57 Å². The average Bonchev–Trinajstić information content (AvgIpc) is 2.74. The van der Waals surface area contributed by atoms with Gasteiger partial charge < -0.3 is 15.5 Å². The number of carbonyl (C=O) groups is 2. The van der Waals surface area contributed by atoms with E-state index >= 15 is 0 Å². The fourth-order valence-corrected chi connectivity index (χ4v) is 3.81. The summed E-state index contributed by atoms with van der Waals surface area (Å²) in [6.45, 7) is 4.97. The molecule has 1 heterocycles. The van der Waals surface area contributed by atoms with Gasteiger partial charge in [0.2, 0.25) is 0 Å². The predicted octanol–water partition coefficient (Wildman–Crippen LogP) is 3.87. The van der Waals surface area contributed by atoms with E-state index in [0.29, 0.717) is 0 Å². The van der Waals surface area contributed by atoms with Crippen LogP contribution in [0.15, 0.2) is 53.7 Å². The first kappa shape index (κ1) is 22.0. The molecular weight excluding hydrogens is 425 g/mol. The summed E-state index contributed by atoms with van der Waals surface area (Å²) in [5, 5.41) is 9.47. The van der Waals surface area contributed by atoms with Gasteiger partial charge in [0.05, 0.1) is 15.6 Å². The van der Waals surface area contributed by atoms with Crippen LogP contribution >= 0.6 is 23.2 Å². The van der Waals surface area contributed by atoms with Crippen LogP contribution in [0.2, 0.25) is 10.0 Å². The zero-order valence-electron chi connectivity index (χ0n) is 16.2. The Kier molecular flexibility index (Phi) is 7.63. The Morgan fingerprint density at radius 2 is 1.87 bits per heavy atom. The second-order valence-electron chi connectivity index (χ2n) is 6.75. The van der Waals surface area contributed by atoms with E-state index in [1.54, 1.807) is 18.2 Å². The van der Waals surface area contributed by atoms with Crippen molar-refractivity contribution in [3.63, 3.8) is 0 Å². The third-order valence-corrected chi connectivity index (χ3v) is 5.39. The third kappa shape index (κ3) is 5.48. The number of halogens is 2. The molecule has 1 amide bonds. The van der Waals surface area contributed by atoms with Crippen LogP contribution in [-0.4, -0.2) is 37.7 Å². The molecule has 0 radical (unpaired) electrons. The lowest BCUT2D eigenvalue weighted by Gasteiger charge is -2.18. The van der Waals surface area contributed by atoms with E-state index in [-0.39, 0.29) is 22.0 Å². The van der Waals surface area contributed by atoms with E-state index in [4.69, 9.17) is 23.2 Å². The van der Waals surface area contributed by atoms with Crippen molar-refractivity contribution in [1.82, 2.24) is 10.6 Å². The van der Waals surface area contributed by atoms with E-state index in [1.807, 2.05) is 24.3 Å². The smallest absolute Gasteiger partial charge is 0.338 e. The minimum absolute atomic E-state index is 0.0957. The summed E-state index contributed by atoms with van der Waals surface area (Å²) in [5.74, 6) is -1.31. The van der Waals surface area contributed by atoms with E-state index in [9.17, 15) is 9.59 Å². The zero-order valence-corrected chi connectivity index (χ0v) is 17.7. The molecule has 0 unspecified atom stereocenters. The fourth-order valence-electron chi connectivity index (χ4n) is 3.24. The number of rotatable bonds is 7. The van der Waals surface area contributed by atoms with Crippen molar-refractivity contribution < 1.29 is 14.4 Å². The highest BCUT2D eigenvalue weighted by Gasteiger charge is 2.26. The lowest BCUT2D eigenvalue weighted by Crippen LogP contribution is -2.43. The van der Waals surface area contributed by atoms with Gasteiger partial charge in [-0.15, -0.1) is 0 Å². The van der Waals surface area contributed by atoms with Gasteiger partial charge in [-0.2, -0.15) is 0 Å². The first-order chi connectivity index (χ1) is 14.5. The summed E-state index contributed by atoms with van der Waals surface area (Å²) in [4.78, 5) is 29.7. The van der Waals surface area contributed by atoms with Crippen LogP contribution in [0.25, 0.3) is 5.57 Å². The van der Waals surface area contributed by atoms with Gasteiger partial charge in [-0.1, -0.05) is 64.8 Å². The number of hydrogen-bond acceptors (Lipinski definition) is 5. The largest absolute Gasteiger partial charge is 0.357 e. The highest BCUT2D eigenvalue weighted by Crippen LogP contribution is 2.24.